The molecule has 0 saturated carbocycles. The molecule has 0 fully saturated rings. The Bertz CT molecular complexity index is 870. The fourth-order valence-corrected chi connectivity index (χ4v) is 3.20. The molecule has 0 N–H and O–H groups in total. The maximum Gasteiger partial charge on any atom is 0.338 e. The molecule has 0 bridgehead atoms. The summed E-state index contributed by atoms with van der Waals surface area (Å²) in [4.78, 5) is 11.8. The highest BCUT2D eigenvalue weighted by Crippen LogP contribution is 2.27. The predicted molar refractivity (Wildman–Crippen MR) is 89.1 cm³/mol. The van der Waals surface area contributed by atoms with Crippen molar-refractivity contribution in [3.05, 3.63) is 69.6 Å². The predicted octanol–water partition coefficient (Wildman–Crippen LogP) is 4.91. The van der Waals surface area contributed by atoms with Crippen LogP contribution in [-0.2, 0) is 17.6 Å². The topological polar surface area (TPSA) is 39.4 Å². The van der Waals surface area contributed by atoms with E-state index in [-0.39, 0.29) is 5.56 Å². The minimum Gasteiger partial charge on any atom is -0.465 e. The second-order valence-corrected chi connectivity index (χ2v) is 6.08. The molecular weight excluding hydrogens is 363 g/mol. The summed E-state index contributed by atoms with van der Waals surface area (Å²) in [5.41, 5.74) is 2.36. The third-order valence-corrected chi connectivity index (χ3v) is 4.22. The van der Waals surface area contributed by atoms with Gasteiger partial charge in [0.1, 0.15) is 11.4 Å². The minimum atomic E-state index is -0.531. The third-order valence-electron chi connectivity index (χ3n) is 3.76. The molecule has 3 aromatic rings. The van der Waals surface area contributed by atoms with Crippen LogP contribution < -0.4 is 0 Å². The van der Waals surface area contributed by atoms with Crippen molar-refractivity contribution < 1.29 is 18.3 Å². The highest BCUT2D eigenvalue weighted by Gasteiger charge is 2.16. The number of rotatable bonds is 4. The van der Waals surface area contributed by atoms with Crippen molar-refractivity contribution in [1.29, 1.82) is 0 Å². The van der Waals surface area contributed by atoms with Gasteiger partial charge in [0, 0.05) is 15.4 Å². The molecule has 3 rings (SSSR count). The van der Waals surface area contributed by atoms with Crippen molar-refractivity contribution >= 4 is 32.9 Å². The molecule has 0 aliphatic carbocycles. The van der Waals surface area contributed by atoms with Gasteiger partial charge < -0.3 is 9.15 Å². The van der Waals surface area contributed by atoms with E-state index in [0.29, 0.717) is 18.4 Å². The lowest BCUT2D eigenvalue weighted by molar-refractivity contribution is 0.0599. The molecule has 118 valence electrons. The van der Waals surface area contributed by atoms with Gasteiger partial charge in [0.25, 0.3) is 0 Å². The average molecular weight is 377 g/mol. The highest BCUT2D eigenvalue weighted by atomic mass is 79.9. The molecule has 0 aliphatic heterocycles. The van der Waals surface area contributed by atoms with Gasteiger partial charge in [-0.2, -0.15) is 0 Å². The Morgan fingerprint density at radius 2 is 2.09 bits per heavy atom. The number of carbonyl (C=O) groups is 1. The lowest BCUT2D eigenvalue weighted by atomic mass is 9.98. The molecule has 1 heterocycles. The first-order valence-corrected chi connectivity index (χ1v) is 7.91. The fraction of sp³-hybridized carbons (Fsp3) is 0.167. The monoisotopic (exact) mass is 376 g/mol. The van der Waals surface area contributed by atoms with Crippen LogP contribution >= 0.6 is 15.9 Å². The number of aryl methyl sites for hydroxylation is 1. The van der Waals surface area contributed by atoms with Gasteiger partial charge in [-0.1, -0.05) is 22.0 Å². The summed E-state index contributed by atoms with van der Waals surface area (Å²) >= 11 is 3.47. The zero-order chi connectivity index (χ0) is 16.4. The summed E-state index contributed by atoms with van der Waals surface area (Å²) < 4.78 is 25.3. The molecule has 0 atom stereocenters. The normalized spacial score (nSPS) is 10.9. The number of halogens is 2. The Morgan fingerprint density at radius 1 is 1.26 bits per heavy atom. The molecule has 0 spiro atoms. The molecule has 0 aliphatic rings. The summed E-state index contributed by atoms with van der Waals surface area (Å²) in [6.45, 7) is 0. The summed E-state index contributed by atoms with van der Waals surface area (Å²) in [5, 5.41) is 0.983. The number of methoxy groups -OCH3 is 1. The molecule has 2 aromatic carbocycles. The number of hydrogen-bond acceptors (Lipinski definition) is 3. The van der Waals surface area contributed by atoms with Gasteiger partial charge in [-0.25, -0.2) is 9.18 Å². The van der Waals surface area contributed by atoms with Crippen LogP contribution in [0, 0.1) is 5.82 Å². The maximum absolute atomic E-state index is 14.1. The molecule has 0 unspecified atom stereocenters. The van der Waals surface area contributed by atoms with Gasteiger partial charge in [0.05, 0.1) is 18.9 Å². The van der Waals surface area contributed by atoms with Crippen LogP contribution in [-0.4, -0.2) is 13.1 Å². The number of hydrogen-bond donors (Lipinski definition) is 0. The van der Waals surface area contributed by atoms with Crippen molar-refractivity contribution in [2.24, 2.45) is 0 Å². The van der Waals surface area contributed by atoms with Crippen molar-refractivity contribution in [3.63, 3.8) is 0 Å². The van der Waals surface area contributed by atoms with Crippen LogP contribution in [0.3, 0.4) is 0 Å². The largest absolute Gasteiger partial charge is 0.465 e. The number of furan rings is 1. The van der Waals surface area contributed by atoms with Crippen molar-refractivity contribution in [2.45, 2.75) is 12.8 Å². The first kappa shape index (κ1) is 15.7. The molecule has 5 heteroatoms. The van der Waals surface area contributed by atoms with Gasteiger partial charge in [0.2, 0.25) is 0 Å². The Balaban J connectivity index is 1.94. The number of fused-ring (bicyclic) bond motifs is 1. The molecule has 1 aromatic heterocycles. The average Bonchev–Trinajstić information content (AvgIpc) is 3.00. The number of benzene rings is 2. The van der Waals surface area contributed by atoms with E-state index in [1.807, 2.05) is 18.2 Å². The van der Waals surface area contributed by atoms with Crippen LogP contribution in [0.1, 0.15) is 21.5 Å². The van der Waals surface area contributed by atoms with Crippen LogP contribution in [0.25, 0.3) is 11.0 Å². The molecule has 0 saturated heterocycles. The van der Waals surface area contributed by atoms with Crippen molar-refractivity contribution in [1.82, 2.24) is 0 Å². The molecular formula is C18H14BrFO3. The number of ether oxygens (including phenoxy) is 1. The van der Waals surface area contributed by atoms with Crippen LogP contribution in [0.15, 0.2) is 51.6 Å². The Hall–Kier alpha value is -2.14. The third kappa shape index (κ3) is 3.15. The van der Waals surface area contributed by atoms with Gasteiger partial charge in [0.15, 0.2) is 0 Å². The highest BCUT2D eigenvalue weighted by molar-refractivity contribution is 9.10. The van der Waals surface area contributed by atoms with Crippen LogP contribution in [0.2, 0.25) is 0 Å². The second kappa shape index (κ2) is 6.54. The minimum absolute atomic E-state index is 0.262. The van der Waals surface area contributed by atoms with Crippen molar-refractivity contribution in [2.75, 3.05) is 7.11 Å². The molecule has 23 heavy (non-hydrogen) atoms. The van der Waals surface area contributed by atoms with Gasteiger partial charge in [-0.3, -0.25) is 0 Å². The first-order chi connectivity index (χ1) is 11.1. The standard InChI is InChI=1S/C18H14BrFO3/c1-22-18(21)15-3-2-4-16(20)14(15)6-5-11-9-13(19)10-12-7-8-23-17(11)12/h2-4,7-10H,5-6H2,1H3. The molecule has 0 radical (unpaired) electrons. The van der Waals surface area contributed by atoms with Crippen molar-refractivity contribution in [3.8, 4) is 0 Å². The first-order valence-electron chi connectivity index (χ1n) is 7.11. The lowest BCUT2D eigenvalue weighted by Crippen LogP contribution is -2.08. The Kier molecular flexibility index (Phi) is 4.48. The molecule has 0 amide bonds. The Labute approximate surface area is 141 Å². The van der Waals surface area contributed by atoms with Gasteiger partial charge >= 0.3 is 5.97 Å². The quantitative estimate of drug-likeness (QED) is 0.607. The summed E-state index contributed by atoms with van der Waals surface area (Å²) in [5.74, 6) is -0.935. The van der Waals surface area contributed by atoms with E-state index < -0.39 is 11.8 Å². The van der Waals surface area contributed by atoms with Crippen LogP contribution in [0.4, 0.5) is 4.39 Å². The van der Waals surface area contributed by atoms with E-state index in [1.54, 1.807) is 12.3 Å². The maximum atomic E-state index is 14.1. The van der Waals surface area contributed by atoms with Gasteiger partial charge in [-0.15, -0.1) is 0 Å². The van der Waals surface area contributed by atoms with Crippen LogP contribution in [0.5, 0.6) is 0 Å². The smallest absolute Gasteiger partial charge is 0.338 e. The van der Waals surface area contributed by atoms with E-state index in [9.17, 15) is 9.18 Å². The van der Waals surface area contributed by atoms with E-state index in [0.717, 1.165) is 21.0 Å². The summed E-state index contributed by atoms with van der Waals surface area (Å²) in [7, 11) is 1.29. The van der Waals surface area contributed by atoms with Gasteiger partial charge in [-0.05, 0) is 48.7 Å². The molecule has 3 nitrogen and oxygen atoms in total. The zero-order valence-electron chi connectivity index (χ0n) is 12.4. The Morgan fingerprint density at radius 3 is 2.87 bits per heavy atom. The SMILES string of the molecule is COC(=O)c1cccc(F)c1CCc1cc(Br)cc2ccoc12. The number of carbonyl (C=O) groups excluding carboxylic acids is 1. The zero-order valence-corrected chi connectivity index (χ0v) is 14.0. The second-order valence-electron chi connectivity index (χ2n) is 5.16. The summed E-state index contributed by atoms with van der Waals surface area (Å²) in [6.07, 6.45) is 2.56. The number of esters is 1. The van der Waals surface area contributed by atoms with E-state index >= 15 is 0 Å². The summed E-state index contributed by atoms with van der Waals surface area (Å²) in [6, 6.07) is 10.2. The van der Waals surface area contributed by atoms with E-state index in [4.69, 9.17) is 9.15 Å². The lowest BCUT2D eigenvalue weighted by Gasteiger charge is -2.10. The fourth-order valence-electron chi connectivity index (χ4n) is 2.68. The van der Waals surface area contributed by atoms with E-state index in [2.05, 4.69) is 15.9 Å². The van der Waals surface area contributed by atoms with E-state index in [1.165, 1.54) is 19.2 Å².